The Labute approximate surface area is 168 Å². The molecule has 2 aromatic carbocycles. The minimum Gasteiger partial charge on any atom is -0.468 e. The zero-order valence-corrected chi connectivity index (χ0v) is 15.8. The van der Waals surface area contributed by atoms with Gasteiger partial charge in [0.25, 0.3) is 0 Å². The number of hydrazone groups is 1. The topological polar surface area (TPSA) is 71.0 Å². The van der Waals surface area contributed by atoms with E-state index in [2.05, 4.69) is 10.4 Å². The number of halogens is 4. The summed E-state index contributed by atoms with van der Waals surface area (Å²) in [5, 5.41) is 8.20. The number of urea groups is 1. The highest BCUT2D eigenvalue weighted by Gasteiger charge is 2.37. The van der Waals surface area contributed by atoms with Crippen LogP contribution in [0.1, 0.15) is 11.1 Å². The molecule has 2 amide bonds. The summed E-state index contributed by atoms with van der Waals surface area (Å²) >= 11 is 5.88. The van der Waals surface area contributed by atoms with Crippen molar-refractivity contribution in [1.29, 1.82) is 0 Å². The number of ether oxygens (including phenoxy) is 1. The van der Waals surface area contributed by atoms with Crippen LogP contribution in [0.25, 0.3) is 0 Å². The zero-order chi connectivity index (χ0) is 21.2. The van der Waals surface area contributed by atoms with E-state index < -0.39 is 29.7 Å². The summed E-state index contributed by atoms with van der Waals surface area (Å²) in [6.45, 7) is -0.0723. The fourth-order valence-electron chi connectivity index (χ4n) is 2.77. The van der Waals surface area contributed by atoms with E-state index in [9.17, 15) is 22.8 Å². The Bertz CT molecular complexity index is 944. The molecular formula is C19H15ClF3N3O3. The Morgan fingerprint density at radius 2 is 1.76 bits per heavy atom. The molecule has 0 aliphatic carbocycles. The maximum absolute atomic E-state index is 12.6. The summed E-state index contributed by atoms with van der Waals surface area (Å²) < 4.78 is 42.7. The van der Waals surface area contributed by atoms with Gasteiger partial charge in [0.05, 0.1) is 24.9 Å². The number of anilines is 1. The lowest BCUT2D eigenvalue weighted by Gasteiger charge is -2.15. The van der Waals surface area contributed by atoms with Crippen LogP contribution in [0.15, 0.2) is 53.6 Å². The minimum absolute atomic E-state index is 0.0723. The van der Waals surface area contributed by atoms with Crippen molar-refractivity contribution < 1.29 is 27.5 Å². The van der Waals surface area contributed by atoms with E-state index in [1.807, 2.05) is 0 Å². The van der Waals surface area contributed by atoms with E-state index in [-0.39, 0.29) is 12.2 Å². The van der Waals surface area contributed by atoms with Gasteiger partial charge in [-0.25, -0.2) is 9.80 Å². The summed E-state index contributed by atoms with van der Waals surface area (Å²) in [6.07, 6.45) is -4.47. The molecule has 10 heteroatoms. The lowest BCUT2D eigenvalue weighted by atomic mass is 9.98. The molecule has 0 aromatic heterocycles. The molecule has 1 N–H and O–H groups in total. The van der Waals surface area contributed by atoms with Crippen molar-refractivity contribution >= 4 is 35.0 Å². The third kappa shape index (κ3) is 4.68. The number of hydrogen-bond donors (Lipinski definition) is 1. The van der Waals surface area contributed by atoms with Gasteiger partial charge in [0, 0.05) is 10.7 Å². The third-order valence-corrected chi connectivity index (χ3v) is 4.49. The van der Waals surface area contributed by atoms with Crippen LogP contribution in [0.2, 0.25) is 5.02 Å². The Morgan fingerprint density at radius 1 is 1.14 bits per heavy atom. The molecule has 0 saturated carbocycles. The Balaban J connectivity index is 1.79. The fraction of sp³-hybridized carbons (Fsp3) is 0.211. The number of carbonyl (C=O) groups is 2. The summed E-state index contributed by atoms with van der Waals surface area (Å²) in [7, 11) is 1.23. The number of rotatable bonds is 3. The van der Waals surface area contributed by atoms with E-state index in [1.54, 1.807) is 24.3 Å². The van der Waals surface area contributed by atoms with Gasteiger partial charge in [-0.1, -0.05) is 23.7 Å². The number of esters is 1. The summed E-state index contributed by atoms with van der Waals surface area (Å²) in [4.78, 5) is 24.6. The highest BCUT2D eigenvalue weighted by atomic mass is 35.5. The van der Waals surface area contributed by atoms with Crippen LogP contribution in [-0.2, 0) is 15.7 Å². The van der Waals surface area contributed by atoms with Crippen molar-refractivity contribution in [3.63, 3.8) is 0 Å². The van der Waals surface area contributed by atoms with E-state index >= 15 is 0 Å². The van der Waals surface area contributed by atoms with Gasteiger partial charge in [-0.2, -0.15) is 18.3 Å². The van der Waals surface area contributed by atoms with Crippen LogP contribution in [-0.4, -0.2) is 36.4 Å². The van der Waals surface area contributed by atoms with E-state index in [1.165, 1.54) is 7.11 Å². The molecule has 0 saturated heterocycles. The molecule has 0 fully saturated rings. The van der Waals surface area contributed by atoms with Gasteiger partial charge in [0.2, 0.25) is 0 Å². The molecule has 1 aliphatic heterocycles. The predicted octanol–water partition coefficient (Wildman–Crippen LogP) is 4.40. The van der Waals surface area contributed by atoms with Crippen LogP contribution in [0.5, 0.6) is 0 Å². The molecule has 2 aromatic rings. The monoisotopic (exact) mass is 425 g/mol. The van der Waals surface area contributed by atoms with Crippen LogP contribution in [0, 0.1) is 5.92 Å². The average molecular weight is 426 g/mol. The molecule has 0 bridgehead atoms. The first-order valence-electron chi connectivity index (χ1n) is 8.37. The molecule has 0 spiro atoms. The van der Waals surface area contributed by atoms with Gasteiger partial charge in [-0.05, 0) is 42.0 Å². The second-order valence-corrected chi connectivity index (χ2v) is 6.59. The molecule has 1 unspecified atom stereocenters. The number of amides is 2. The third-order valence-electron chi connectivity index (χ3n) is 4.24. The molecule has 152 valence electrons. The quantitative estimate of drug-likeness (QED) is 0.741. The maximum atomic E-state index is 12.6. The summed E-state index contributed by atoms with van der Waals surface area (Å²) in [5.74, 6) is -1.37. The molecule has 29 heavy (non-hydrogen) atoms. The van der Waals surface area contributed by atoms with Crippen molar-refractivity contribution in [2.75, 3.05) is 19.0 Å². The Hall–Kier alpha value is -3.07. The molecule has 6 nitrogen and oxygen atoms in total. The van der Waals surface area contributed by atoms with Crippen LogP contribution >= 0.6 is 11.6 Å². The average Bonchev–Trinajstić information content (AvgIpc) is 3.13. The Morgan fingerprint density at radius 3 is 2.31 bits per heavy atom. The molecule has 1 aliphatic rings. The lowest BCUT2D eigenvalue weighted by molar-refractivity contribution is -0.143. The van der Waals surface area contributed by atoms with Crippen molar-refractivity contribution in [3.05, 3.63) is 64.7 Å². The number of hydrogen-bond acceptors (Lipinski definition) is 4. The zero-order valence-electron chi connectivity index (χ0n) is 15.0. The van der Waals surface area contributed by atoms with E-state index in [0.29, 0.717) is 16.3 Å². The first-order chi connectivity index (χ1) is 13.7. The van der Waals surface area contributed by atoms with Crippen LogP contribution in [0.4, 0.5) is 23.7 Å². The number of methoxy groups -OCH3 is 1. The molecular weight excluding hydrogens is 411 g/mol. The number of benzene rings is 2. The van der Waals surface area contributed by atoms with Gasteiger partial charge >= 0.3 is 18.2 Å². The highest BCUT2D eigenvalue weighted by Crippen LogP contribution is 2.30. The number of carbonyl (C=O) groups excluding carboxylic acids is 2. The minimum atomic E-state index is -4.47. The predicted molar refractivity (Wildman–Crippen MR) is 101 cm³/mol. The normalized spacial score (nSPS) is 16.4. The number of nitrogens with zero attached hydrogens (tertiary/aromatic N) is 2. The lowest BCUT2D eigenvalue weighted by Crippen LogP contribution is -2.33. The van der Waals surface area contributed by atoms with Gasteiger partial charge in [0.15, 0.2) is 0 Å². The van der Waals surface area contributed by atoms with Gasteiger partial charge in [-0.15, -0.1) is 0 Å². The molecule has 0 radical (unpaired) electrons. The van der Waals surface area contributed by atoms with Gasteiger partial charge < -0.3 is 10.1 Å². The smallest absolute Gasteiger partial charge is 0.416 e. The van der Waals surface area contributed by atoms with Gasteiger partial charge in [0.1, 0.15) is 5.92 Å². The van der Waals surface area contributed by atoms with Crippen molar-refractivity contribution in [1.82, 2.24) is 5.01 Å². The molecule has 1 heterocycles. The number of alkyl halides is 3. The van der Waals surface area contributed by atoms with Crippen molar-refractivity contribution in [2.45, 2.75) is 6.18 Å². The largest absolute Gasteiger partial charge is 0.468 e. The van der Waals surface area contributed by atoms with Crippen molar-refractivity contribution in [2.24, 2.45) is 11.0 Å². The van der Waals surface area contributed by atoms with Crippen molar-refractivity contribution in [3.8, 4) is 0 Å². The SMILES string of the molecule is COC(=O)C1CN(C(=O)Nc2ccc(C(F)(F)F)cc2)N=C1c1ccc(Cl)cc1. The standard InChI is InChI=1S/C19H15ClF3N3O3/c1-29-17(27)15-10-26(25-16(15)11-2-6-13(20)7-3-11)18(28)24-14-8-4-12(5-9-14)19(21,22)23/h2-9,15H,10H2,1H3,(H,24,28). The first-order valence-corrected chi connectivity index (χ1v) is 8.75. The van der Waals surface area contributed by atoms with Crippen LogP contribution < -0.4 is 5.32 Å². The van der Waals surface area contributed by atoms with E-state index in [0.717, 1.165) is 29.3 Å². The maximum Gasteiger partial charge on any atom is 0.416 e. The number of nitrogens with one attached hydrogen (secondary N) is 1. The highest BCUT2D eigenvalue weighted by molar-refractivity contribution is 6.30. The van der Waals surface area contributed by atoms with Gasteiger partial charge in [-0.3, -0.25) is 4.79 Å². The van der Waals surface area contributed by atoms with E-state index in [4.69, 9.17) is 16.3 Å². The second-order valence-electron chi connectivity index (χ2n) is 6.16. The molecule has 1 atom stereocenters. The molecule has 3 rings (SSSR count). The fourth-order valence-corrected chi connectivity index (χ4v) is 2.89. The second kappa shape index (κ2) is 8.12. The summed E-state index contributed by atoms with van der Waals surface area (Å²) in [6, 6.07) is 9.87. The van der Waals surface area contributed by atoms with Crippen LogP contribution in [0.3, 0.4) is 0 Å². The Kier molecular flexibility index (Phi) is 5.78. The first kappa shape index (κ1) is 20.7. The summed E-state index contributed by atoms with van der Waals surface area (Å²) in [5.41, 5.74) is 0.254.